The summed E-state index contributed by atoms with van der Waals surface area (Å²) in [6.07, 6.45) is 14.0. The molecule has 0 bridgehead atoms. The Bertz CT molecular complexity index is 922. The van der Waals surface area contributed by atoms with Gasteiger partial charge in [-0.2, -0.15) is 0 Å². The number of ether oxygens (including phenoxy) is 1. The monoisotopic (exact) mass is 502 g/mol. The third-order valence-electron chi connectivity index (χ3n) is 10.7. The maximum Gasteiger partial charge on any atom is 0.160 e. The Labute approximate surface area is 218 Å². The number of ketones is 1. The van der Waals surface area contributed by atoms with Gasteiger partial charge in [-0.15, -0.1) is 0 Å². The molecule has 0 aromatic carbocycles. The van der Waals surface area contributed by atoms with E-state index in [1.807, 2.05) is 19.9 Å². The first kappa shape index (κ1) is 28.0. The summed E-state index contributed by atoms with van der Waals surface area (Å²) in [7, 11) is 0. The minimum atomic E-state index is -1.31. The Morgan fingerprint density at radius 1 is 1.03 bits per heavy atom. The van der Waals surface area contributed by atoms with Crippen LogP contribution in [-0.4, -0.2) is 43.7 Å². The zero-order chi connectivity index (χ0) is 26.8. The molecule has 0 saturated heterocycles. The molecule has 3 N–H and O–H groups in total. The van der Waals surface area contributed by atoms with Crippen LogP contribution >= 0.6 is 0 Å². The maximum absolute atomic E-state index is 13.4. The summed E-state index contributed by atoms with van der Waals surface area (Å²) < 4.78 is 6.56. The standard InChI is InChI=1S/C31H50O5/c1-8-30(36-27(4,5)34,17-11-15-26(2,3)33)25-14-19-31(35)23-20-24(32)22-12-9-10-16-28(22,6)21(23)13-18-29(25,31)7/h9-10,20-22,25,33-35H,8,11-19H2,1-7H3. The first-order chi connectivity index (χ1) is 16.5. The Hall–Kier alpha value is -1.01. The van der Waals surface area contributed by atoms with Crippen molar-refractivity contribution in [2.24, 2.45) is 28.6 Å². The molecule has 2 fully saturated rings. The van der Waals surface area contributed by atoms with Gasteiger partial charge in [-0.1, -0.05) is 32.9 Å². The predicted molar refractivity (Wildman–Crippen MR) is 142 cm³/mol. The molecule has 0 aromatic rings. The number of allylic oxidation sites excluding steroid dienone is 3. The molecular formula is C31H50O5. The van der Waals surface area contributed by atoms with Crippen molar-refractivity contribution >= 4 is 5.78 Å². The lowest BCUT2D eigenvalue weighted by atomic mass is 9.46. The smallest absolute Gasteiger partial charge is 0.160 e. The summed E-state index contributed by atoms with van der Waals surface area (Å²) in [6.45, 7) is 13.6. The van der Waals surface area contributed by atoms with Crippen molar-refractivity contribution in [2.75, 3.05) is 0 Å². The van der Waals surface area contributed by atoms with Crippen LogP contribution in [0.2, 0.25) is 0 Å². The van der Waals surface area contributed by atoms with Crippen LogP contribution in [0.4, 0.5) is 0 Å². The fraction of sp³-hybridized carbons (Fsp3) is 0.839. The van der Waals surface area contributed by atoms with Gasteiger partial charge >= 0.3 is 0 Å². The van der Waals surface area contributed by atoms with Gasteiger partial charge in [-0.3, -0.25) is 4.79 Å². The van der Waals surface area contributed by atoms with E-state index in [0.29, 0.717) is 25.7 Å². The first-order valence-electron chi connectivity index (χ1n) is 14.3. The molecule has 7 unspecified atom stereocenters. The normalized spacial score (nSPS) is 40.2. The average molecular weight is 503 g/mol. The van der Waals surface area contributed by atoms with Gasteiger partial charge in [0.25, 0.3) is 0 Å². The SMILES string of the molecule is CCC(CCCC(C)(C)O)(OC(C)(C)O)C1CCC2(O)C3=CC(=O)C4CC=CCC4(C)C3CCC12C. The van der Waals surface area contributed by atoms with Crippen molar-refractivity contribution in [3.63, 3.8) is 0 Å². The topological polar surface area (TPSA) is 87.0 Å². The lowest BCUT2D eigenvalue weighted by molar-refractivity contribution is -0.279. The zero-order valence-electron chi connectivity index (χ0n) is 23.7. The van der Waals surface area contributed by atoms with Crippen molar-refractivity contribution < 1.29 is 24.9 Å². The summed E-state index contributed by atoms with van der Waals surface area (Å²) in [4.78, 5) is 13.4. The molecule has 4 aliphatic rings. The first-order valence-corrected chi connectivity index (χ1v) is 14.3. The molecule has 4 rings (SSSR count). The molecule has 5 heteroatoms. The lowest BCUT2D eigenvalue weighted by Crippen LogP contribution is -2.61. The second kappa shape index (κ2) is 9.03. The molecule has 5 nitrogen and oxygen atoms in total. The molecule has 204 valence electrons. The fourth-order valence-electron chi connectivity index (χ4n) is 8.91. The van der Waals surface area contributed by atoms with Crippen LogP contribution in [0, 0.1) is 28.6 Å². The van der Waals surface area contributed by atoms with Gasteiger partial charge in [0.05, 0.1) is 16.8 Å². The van der Waals surface area contributed by atoms with Crippen LogP contribution in [0.3, 0.4) is 0 Å². The molecule has 0 radical (unpaired) electrons. The molecule has 0 spiro atoms. The van der Waals surface area contributed by atoms with Crippen LogP contribution < -0.4 is 0 Å². The zero-order valence-corrected chi connectivity index (χ0v) is 23.7. The van der Waals surface area contributed by atoms with Crippen molar-refractivity contribution in [1.29, 1.82) is 0 Å². The van der Waals surface area contributed by atoms with E-state index in [1.165, 1.54) is 0 Å². The number of rotatable bonds is 8. The molecule has 2 saturated carbocycles. The molecule has 0 heterocycles. The Morgan fingerprint density at radius 3 is 2.33 bits per heavy atom. The molecular weight excluding hydrogens is 452 g/mol. The highest BCUT2D eigenvalue weighted by Crippen LogP contribution is 2.69. The number of hydrogen-bond acceptors (Lipinski definition) is 5. The van der Waals surface area contributed by atoms with Gasteiger partial charge in [0.1, 0.15) is 0 Å². The van der Waals surface area contributed by atoms with Gasteiger partial charge in [-0.25, -0.2) is 0 Å². The number of hydrogen-bond donors (Lipinski definition) is 3. The Kier molecular flexibility index (Phi) is 7.03. The predicted octanol–water partition coefficient (Wildman–Crippen LogP) is 5.86. The second-order valence-corrected chi connectivity index (χ2v) is 14.1. The van der Waals surface area contributed by atoms with Gasteiger partial charge in [0.15, 0.2) is 11.6 Å². The Morgan fingerprint density at radius 2 is 1.72 bits per heavy atom. The third kappa shape index (κ3) is 4.46. The highest BCUT2D eigenvalue weighted by molar-refractivity contribution is 5.95. The van der Waals surface area contributed by atoms with Crippen molar-refractivity contribution in [1.82, 2.24) is 0 Å². The fourth-order valence-corrected chi connectivity index (χ4v) is 8.91. The molecule has 0 amide bonds. The van der Waals surface area contributed by atoms with E-state index in [0.717, 1.165) is 44.1 Å². The maximum atomic E-state index is 13.4. The summed E-state index contributed by atoms with van der Waals surface area (Å²) in [5.74, 6) is -0.885. The highest BCUT2D eigenvalue weighted by Gasteiger charge is 2.68. The largest absolute Gasteiger partial charge is 0.390 e. The summed E-state index contributed by atoms with van der Waals surface area (Å²) in [5.41, 5.74) is -2.08. The molecule has 7 atom stereocenters. The average Bonchev–Trinajstić information content (AvgIpc) is 3.03. The summed E-state index contributed by atoms with van der Waals surface area (Å²) in [5, 5.41) is 33.8. The van der Waals surface area contributed by atoms with E-state index < -0.39 is 28.0 Å². The molecule has 0 aliphatic heterocycles. The quantitative estimate of drug-likeness (QED) is 0.286. The number of fused-ring (bicyclic) bond motifs is 5. The minimum Gasteiger partial charge on any atom is -0.390 e. The second-order valence-electron chi connectivity index (χ2n) is 14.1. The highest BCUT2D eigenvalue weighted by atomic mass is 16.6. The third-order valence-corrected chi connectivity index (χ3v) is 10.7. The lowest BCUT2D eigenvalue weighted by Gasteiger charge is -2.60. The van der Waals surface area contributed by atoms with Crippen molar-refractivity contribution in [3.8, 4) is 0 Å². The minimum absolute atomic E-state index is 0.0106. The van der Waals surface area contributed by atoms with E-state index in [9.17, 15) is 20.1 Å². The van der Waals surface area contributed by atoms with Crippen LogP contribution in [0.1, 0.15) is 113 Å². The van der Waals surface area contributed by atoms with Crippen LogP contribution in [-0.2, 0) is 9.53 Å². The summed E-state index contributed by atoms with van der Waals surface area (Å²) >= 11 is 0. The van der Waals surface area contributed by atoms with E-state index in [4.69, 9.17) is 4.74 Å². The number of carbonyl (C=O) groups excluding carboxylic acids is 1. The number of carbonyl (C=O) groups is 1. The van der Waals surface area contributed by atoms with Crippen LogP contribution in [0.25, 0.3) is 0 Å². The summed E-state index contributed by atoms with van der Waals surface area (Å²) in [6, 6.07) is 0. The van der Waals surface area contributed by atoms with E-state index in [2.05, 4.69) is 32.9 Å². The van der Waals surface area contributed by atoms with Gasteiger partial charge in [0.2, 0.25) is 0 Å². The van der Waals surface area contributed by atoms with E-state index in [1.54, 1.807) is 13.8 Å². The van der Waals surface area contributed by atoms with E-state index >= 15 is 0 Å². The van der Waals surface area contributed by atoms with Crippen molar-refractivity contribution in [3.05, 3.63) is 23.8 Å². The van der Waals surface area contributed by atoms with Crippen LogP contribution in [0.15, 0.2) is 23.8 Å². The molecule has 0 aromatic heterocycles. The molecule has 4 aliphatic carbocycles. The van der Waals surface area contributed by atoms with Gasteiger partial charge in [0, 0.05) is 11.3 Å². The van der Waals surface area contributed by atoms with Gasteiger partial charge in [-0.05, 0) is 121 Å². The van der Waals surface area contributed by atoms with Crippen LogP contribution in [0.5, 0.6) is 0 Å². The van der Waals surface area contributed by atoms with E-state index in [-0.39, 0.29) is 29.0 Å². The van der Waals surface area contributed by atoms with Crippen molar-refractivity contribution in [2.45, 2.75) is 135 Å². The Balaban J connectivity index is 1.73. The molecule has 36 heavy (non-hydrogen) atoms. The van der Waals surface area contributed by atoms with Gasteiger partial charge < -0.3 is 20.1 Å². The number of aliphatic hydroxyl groups is 3.